The Morgan fingerprint density at radius 1 is 0.860 bits per heavy atom. The van der Waals surface area contributed by atoms with Gasteiger partial charge in [0.15, 0.2) is 23.2 Å². The highest BCUT2D eigenvalue weighted by Gasteiger charge is 2.47. The third kappa shape index (κ3) is 5.29. The lowest BCUT2D eigenvalue weighted by Crippen LogP contribution is -2.50. The number of hydrogen-bond donors (Lipinski definition) is 1. The number of halogens is 3. The van der Waals surface area contributed by atoms with Crippen LogP contribution in [0.3, 0.4) is 0 Å². The first-order valence-electron chi connectivity index (χ1n) is 14.3. The van der Waals surface area contributed by atoms with Crippen molar-refractivity contribution in [1.82, 2.24) is 19.6 Å². The van der Waals surface area contributed by atoms with Gasteiger partial charge in [-0.1, -0.05) is 66.7 Å². The molecule has 0 unspecified atom stereocenters. The Balaban J connectivity index is 1.09. The molecule has 1 amide bonds. The smallest absolute Gasteiger partial charge is 0.410 e. The maximum absolute atomic E-state index is 14.3. The van der Waals surface area contributed by atoms with Gasteiger partial charge in [0.2, 0.25) is 6.79 Å². The molecule has 1 saturated heterocycles. The van der Waals surface area contributed by atoms with Crippen molar-refractivity contribution in [2.24, 2.45) is 0 Å². The largest absolute Gasteiger partial charge is 0.454 e. The molecule has 1 aromatic heterocycles. The lowest BCUT2D eigenvalue weighted by atomic mass is 9.96. The number of carbonyl (C=O) groups excluding carboxylic acids is 1. The predicted molar refractivity (Wildman–Crippen MR) is 153 cm³/mol. The molecular weight excluding hydrogens is 559 g/mol. The first kappa shape index (κ1) is 27.3. The molecule has 1 N–H and O–H groups in total. The summed E-state index contributed by atoms with van der Waals surface area (Å²) in [5.74, 6) is 0.842. The highest BCUT2D eigenvalue weighted by atomic mass is 19.4. The number of amides is 1. The van der Waals surface area contributed by atoms with Gasteiger partial charge < -0.3 is 19.7 Å². The van der Waals surface area contributed by atoms with E-state index in [0.29, 0.717) is 43.2 Å². The van der Waals surface area contributed by atoms with Crippen LogP contribution in [-0.2, 0) is 0 Å². The predicted octanol–water partition coefficient (Wildman–Crippen LogP) is 5.82. The quantitative estimate of drug-likeness (QED) is 0.317. The van der Waals surface area contributed by atoms with Crippen LogP contribution < -0.4 is 14.8 Å². The van der Waals surface area contributed by atoms with E-state index in [2.05, 4.69) is 39.6 Å². The zero-order valence-electron chi connectivity index (χ0n) is 23.2. The number of anilines is 1. The summed E-state index contributed by atoms with van der Waals surface area (Å²) in [5, 5.41) is 7.36. The van der Waals surface area contributed by atoms with Crippen molar-refractivity contribution < 1.29 is 27.4 Å². The number of nitrogens with one attached hydrogen (secondary N) is 1. The molecule has 3 aromatic carbocycles. The van der Waals surface area contributed by atoms with E-state index in [1.165, 1.54) is 6.07 Å². The summed E-state index contributed by atoms with van der Waals surface area (Å²) in [6.07, 6.45) is -4.82. The zero-order chi connectivity index (χ0) is 29.6. The number of carbonyl (C=O) groups is 1. The van der Waals surface area contributed by atoms with E-state index in [-0.39, 0.29) is 36.7 Å². The summed E-state index contributed by atoms with van der Waals surface area (Å²) >= 11 is 0. The van der Waals surface area contributed by atoms with E-state index in [4.69, 9.17) is 9.47 Å². The molecule has 4 heterocycles. The molecule has 2 atom stereocenters. The fraction of sp³-hybridized carbons (Fsp3) is 0.312. The number of fused-ring (bicyclic) bond motifs is 2. The van der Waals surface area contributed by atoms with Crippen LogP contribution in [-0.4, -0.2) is 64.6 Å². The van der Waals surface area contributed by atoms with Crippen molar-refractivity contribution in [3.05, 3.63) is 107 Å². The average molecular weight is 590 g/mol. The number of benzene rings is 3. The normalized spacial score (nSPS) is 20.1. The Morgan fingerprint density at radius 2 is 1.51 bits per heavy atom. The minimum atomic E-state index is -4.55. The first-order valence-corrected chi connectivity index (χ1v) is 14.3. The molecule has 8 nitrogen and oxygen atoms in total. The monoisotopic (exact) mass is 589 g/mol. The second-order valence-electron chi connectivity index (χ2n) is 11.0. The molecule has 0 saturated carbocycles. The van der Waals surface area contributed by atoms with Crippen molar-refractivity contribution in [2.45, 2.75) is 30.7 Å². The summed E-state index contributed by atoms with van der Waals surface area (Å²) in [5.41, 5.74) is 2.97. The summed E-state index contributed by atoms with van der Waals surface area (Å²) in [6.45, 7) is 2.18. The number of ether oxygens (including phenoxy) is 2. The van der Waals surface area contributed by atoms with E-state index in [1.807, 2.05) is 36.4 Å². The van der Waals surface area contributed by atoms with Gasteiger partial charge in [-0.15, -0.1) is 0 Å². The number of piperazine rings is 1. The molecule has 222 valence electrons. The van der Waals surface area contributed by atoms with Gasteiger partial charge in [-0.2, -0.15) is 18.3 Å². The number of aromatic nitrogens is 2. The van der Waals surface area contributed by atoms with Crippen LogP contribution >= 0.6 is 0 Å². The van der Waals surface area contributed by atoms with Gasteiger partial charge in [-0.05, 0) is 28.8 Å². The summed E-state index contributed by atoms with van der Waals surface area (Å²) in [7, 11) is 0. The summed E-state index contributed by atoms with van der Waals surface area (Å²) in [4.78, 5) is 17.6. The average Bonchev–Trinajstić information content (AvgIpc) is 3.68. The van der Waals surface area contributed by atoms with Gasteiger partial charge >= 0.3 is 6.18 Å². The van der Waals surface area contributed by atoms with Crippen LogP contribution in [0, 0.1) is 0 Å². The van der Waals surface area contributed by atoms with Crippen molar-refractivity contribution in [1.29, 1.82) is 0 Å². The molecule has 11 heteroatoms. The second-order valence-corrected chi connectivity index (χ2v) is 11.0. The maximum Gasteiger partial charge on any atom is 0.410 e. The standard InChI is InChI=1S/C32H30F3N5O3/c33-32(34,35)28-18-24(23-11-12-26-27(17-23)43-20-42-26)36-29-19-25(37-40(28)29)31(41)39-15-13-38(14-16-39)30(21-7-3-1-4-8-21)22-9-5-2-6-10-22/h1-12,17,19,24,28,30,36H,13-16,18,20H2/t24-,28-/m1/s1. The molecule has 0 spiro atoms. The summed E-state index contributed by atoms with van der Waals surface area (Å²) < 4.78 is 54.5. The number of nitrogens with zero attached hydrogens (tertiary/aromatic N) is 4. The summed E-state index contributed by atoms with van der Waals surface area (Å²) in [6, 6.07) is 24.5. The Kier molecular flexibility index (Phi) is 6.97. The van der Waals surface area contributed by atoms with Crippen LogP contribution in [0.15, 0.2) is 84.9 Å². The number of rotatable bonds is 5. The maximum atomic E-state index is 14.3. The van der Waals surface area contributed by atoms with E-state index < -0.39 is 18.3 Å². The SMILES string of the molecule is O=C(c1cc2n(n1)[C@@H](C(F)(F)F)C[C@H](c1ccc3c(c1)OCO3)N2)N1CCN(C(c2ccccc2)c2ccccc2)CC1. The van der Waals surface area contributed by atoms with Crippen LogP contribution in [0.1, 0.15) is 51.7 Å². The van der Waals surface area contributed by atoms with E-state index in [9.17, 15) is 18.0 Å². The third-order valence-corrected chi connectivity index (χ3v) is 8.41. The third-order valence-electron chi connectivity index (χ3n) is 8.41. The topological polar surface area (TPSA) is 71.9 Å². The molecule has 0 aliphatic carbocycles. The molecule has 43 heavy (non-hydrogen) atoms. The minimum absolute atomic E-state index is 0.000736. The fourth-order valence-corrected chi connectivity index (χ4v) is 6.26. The van der Waals surface area contributed by atoms with Gasteiger partial charge in [-0.25, -0.2) is 4.68 Å². The Labute approximate surface area is 246 Å². The van der Waals surface area contributed by atoms with E-state index in [1.54, 1.807) is 23.1 Å². The van der Waals surface area contributed by atoms with Gasteiger partial charge in [0.1, 0.15) is 5.82 Å². The lowest BCUT2D eigenvalue weighted by Gasteiger charge is -2.39. The van der Waals surface area contributed by atoms with Crippen molar-refractivity contribution in [2.75, 3.05) is 38.3 Å². The van der Waals surface area contributed by atoms with E-state index >= 15 is 0 Å². The molecule has 1 fully saturated rings. The van der Waals surface area contributed by atoms with Gasteiger partial charge in [0, 0.05) is 38.7 Å². The second kappa shape index (κ2) is 11.0. The van der Waals surface area contributed by atoms with Gasteiger partial charge in [0.25, 0.3) is 5.91 Å². The highest BCUT2D eigenvalue weighted by Crippen LogP contribution is 2.45. The molecule has 4 aromatic rings. The van der Waals surface area contributed by atoms with Crippen LogP contribution in [0.25, 0.3) is 0 Å². The Hall–Kier alpha value is -4.51. The lowest BCUT2D eigenvalue weighted by molar-refractivity contribution is -0.173. The Bertz CT molecular complexity index is 1560. The van der Waals surface area contributed by atoms with Gasteiger partial charge in [-0.3, -0.25) is 9.69 Å². The fourth-order valence-electron chi connectivity index (χ4n) is 6.26. The number of hydrogen-bond acceptors (Lipinski definition) is 6. The van der Waals surface area contributed by atoms with Crippen molar-refractivity contribution >= 4 is 11.7 Å². The van der Waals surface area contributed by atoms with Gasteiger partial charge in [0.05, 0.1) is 12.1 Å². The van der Waals surface area contributed by atoms with Crippen LogP contribution in [0.2, 0.25) is 0 Å². The molecule has 0 radical (unpaired) electrons. The number of alkyl halides is 3. The molecule has 3 aliphatic rings. The Morgan fingerprint density at radius 3 is 2.16 bits per heavy atom. The molecule has 7 rings (SSSR count). The first-order chi connectivity index (χ1) is 20.8. The molecule has 0 bridgehead atoms. The van der Waals surface area contributed by atoms with E-state index in [0.717, 1.165) is 15.8 Å². The zero-order valence-corrected chi connectivity index (χ0v) is 23.2. The van der Waals surface area contributed by atoms with Crippen molar-refractivity contribution in [3.63, 3.8) is 0 Å². The van der Waals surface area contributed by atoms with Crippen LogP contribution in [0.4, 0.5) is 19.0 Å². The molecular formula is C32H30F3N5O3. The van der Waals surface area contributed by atoms with Crippen LogP contribution in [0.5, 0.6) is 11.5 Å². The highest BCUT2D eigenvalue weighted by molar-refractivity contribution is 5.93. The minimum Gasteiger partial charge on any atom is -0.454 e. The molecule has 3 aliphatic heterocycles. The van der Waals surface area contributed by atoms with Crippen molar-refractivity contribution in [3.8, 4) is 11.5 Å².